The number of halogens is 1. The molecule has 0 aromatic heterocycles. The fraction of sp³-hybridized carbons (Fsp3) is 0.625. The van der Waals surface area contributed by atoms with E-state index in [4.69, 9.17) is 10.5 Å². The second kappa shape index (κ2) is 6.83. The third-order valence-electron chi connectivity index (χ3n) is 4.57. The zero-order chi connectivity index (χ0) is 14.7. The third kappa shape index (κ3) is 3.61. The van der Waals surface area contributed by atoms with Crippen molar-refractivity contribution in [3.05, 3.63) is 35.6 Å². The Balaban J connectivity index is 1.53. The molecule has 0 radical (unpaired) electrons. The van der Waals surface area contributed by atoms with Gasteiger partial charge in [-0.15, -0.1) is 0 Å². The van der Waals surface area contributed by atoms with Gasteiger partial charge < -0.3 is 10.5 Å². The minimum Gasteiger partial charge on any atom is -0.379 e. The minimum absolute atomic E-state index is 0.200. The molecule has 2 heterocycles. The molecule has 2 N–H and O–H groups in total. The first-order valence-corrected chi connectivity index (χ1v) is 7.78. The first-order chi connectivity index (χ1) is 10.2. The predicted molar refractivity (Wildman–Crippen MR) is 80.6 cm³/mol. The number of rotatable bonds is 4. The molecule has 3 rings (SSSR count). The zero-order valence-corrected chi connectivity index (χ0v) is 12.4. The van der Waals surface area contributed by atoms with Gasteiger partial charge in [-0.2, -0.15) is 0 Å². The van der Waals surface area contributed by atoms with E-state index in [2.05, 4.69) is 9.80 Å². The highest BCUT2D eigenvalue weighted by Gasteiger charge is 2.29. The molecule has 0 saturated carbocycles. The topological polar surface area (TPSA) is 41.7 Å². The highest BCUT2D eigenvalue weighted by molar-refractivity contribution is 5.21. The number of likely N-dealkylation sites (tertiary alicyclic amines) is 1. The number of hydrogen-bond donors (Lipinski definition) is 1. The van der Waals surface area contributed by atoms with E-state index in [1.54, 1.807) is 12.1 Å². The van der Waals surface area contributed by atoms with Crippen LogP contribution in [0.15, 0.2) is 24.3 Å². The average Bonchev–Trinajstić information content (AvgIpc) is 2.97. The van der Waals surface area contributed by atoms with E-state index >= 15 is 0 Å². The standard InChI is InChI=1S/C16H24FN3O/c17-15-4-2-1-3-14(15)16(18)12-19-6-5-13(11-19)20-7-9-21-10-8-20/h1-4,13,16H,5-12,18H2. The lowest BCUT2D eigenvalue weighted by Crippen LogP contribution is -2.45. The molecule has 2 aliphatic heterocycles. The van der Waals surface area contributed by atoms with Crippen LogP contribution in [0.5, 0.6) is 0 Å². The van der Waals surface area contributed by atoms with E-state index in [9.17, 15) is 4.39 Å². The number of benzene rings is 1. The van der Waals surface area contributed by atoms with Gasteiger partial charge in [-0.1, -0.05) is 18.2 Å². The largest absolute Gasteiger partial charge is 0.379 e. The summed E-state index contributed by atoms with van der Waals surface area (Å²) in [6.07, 6.45) is 1.17. The zero-order valence-electron chi connectivity index (χ0n) is 12.4. The number of ether oxygens (including phenoxy) is 1. The highest BCUT2D eigenvalue weighted by atomic mass is 19.1. The Hall–Kier alpha value is -1.01. The van der Waals surface area contributed by atoms with E-state index in [-0.39, 0.29) is 11.9 Å². The summed E-state index contributed by atoms with van der Waals surface area (Å²) in [6.45, 7) is 6.53. The monoisotopic (exact) mass is 293 g/mol. The molecule has 1 aromatic carbocycles. The molecule has 21 heavy (non-hydrogen) atoms. The van der Waals surface area contributed by atoms with Crippen LogP contribution < -0.4 is 5.73 Å². The maximum Gasteiger partial charge on any atom is 0.128 e. The van der Waals surface area contributed by atoms with Crippen LogP contribution in [0.4, 0.5) is 4.39 Å². The van der Waals surface area contributed by atoms with Crippen LogP contribution in [0.2, 0.25) is 0 Å². The molecule has 2 atom stereocenters. The first-order valence-electron chi connectivity index (χ1n) is 7.78. The van der Waals surface area contributed by atoms with Gasteiger partial charge in [0.2, 0.25) is 0 Å². The van der Waals surface area contributed by atoms with Crippen LogP contribution in [0.25, 0.3) is 0 Å². The van der Waals surface area contributed by atoms with Crippen molar-refractivity contribution in [1.29, 1.82) is 0 Å². The molecule has 0 aliphatic carbocycles. The summed E-state index contributed by atoms with van der Waals surface area (Å²) < 4.78 is 19.2. The third-order valence-corrected chi connectivity index (χ3v) is 4.57. The number of hydrogen-bond acceptors (Lipinski definition) is 4. The van der Waals surface area contributed by atoms with Gasteiger partial charge in [-0.25, -0.2) is 4.39 Å². The highest BCUT2D eigenvalue weighted by Crippen LogP contribution is 2.21. The Labute approximate surface area is 125 Å². The van der Waals surface area contributed by atoms with E-state index in [1.165, 1.54) is 12.5 Å². The molecular formula is C16H24FN3O. The maximum absolute atomic E-state index is 13.8. The fourth-order valence-electron chi connectivity index (χ4n) is 3.37. The summed E-state index contributed by atoms with van der Waals surface area (Å²) in [4.78, 5) is 4.87. The fourth-order valence-corrected chi connectivity index (χ4v) is 3.37. The van der Waals surface area contributed by atoms with Gasteiger partial charge in [0.05, 0.1) is 13.2 Å². The SMILES string of the molecule is NC(CN1CCC(N2CCOCC2)C1)c1ccccc1F. The van der Waals surface area contributed by atoms with Gasteiger partial charge in [0.25, 0.3) is 0 Å². The van der Waals surface area contributed by atoms with Crippen molar-refractivity contribution in [2.24, 2.45) is 5.73 Å². The van der Waals surface area contributed by atoms with Crippen LogP contribution >= 0.6 is 0 Å². The molecule has 0 amide bonds. The summed E-state index contributed by atoms with van der Waals surface area (Å²) in [7, 11) is 0. The van der Waals surface area contributed by atoms with Crippen molar-refractivity contribution in [3.63, 3.8) is 0 Å². The molecular weight excluding hydrogens is 269 g/mol. The van der Waals surface area contributed by atoms with E-state index in [1.807, 2.05) is 6.07 Å². The summed E-state index contributed by atoms with van der Waals surface area (Å²) in [5.41, 5.74) is 6.80. The van der Waals surface area contributed by atoms with Crippen molar-refractivity contribution in [1.82, 2.24) is 9.80 Å². The Morgan fingerprint density at radius 1 is 1.24 bits per heavy atom. The predicted octanol–water partition coefficient (Wildman–Crippen LogP) is 1.23. The van der Waals surface area contributed by atoms with Gasteiger partial charge in [-0.3, -0.25) is 9.80 Å². The lowest BCUT2D eigenvalue weighted by atomic mass is 10.1. The first kappa shape index (κ1) is 14.9. The van der Waals surface area contributed by atoms with Gasteiger partial charge in [0, 0.05) is 43.8 Å². The van der Waals surface area contributed by atoms with Crippen LogP contribution in [0.3, 0.4) is 0 Å². The molecule has 0 bridgehead atoms. The van der Waals surface area contributed by atoms with Crippen molar-refractivity contribution >= 4 is 0 Å². The summed E-state index contributed by atoms with van der Waals surface area (Å²) >= 11 is 0. The van der Waals surface area contributed by atoms with Crippen molar-refractivity contribution in [2.75, 3.05) is 45.9 Å². The Kier molecular flexibility index (Phi) is 4.85. The lowest BCUT2D eigenvalue weighted by molar-refractivity contribution is 0.0184. The van der Waals surface area contributed by atoms with Crippen molar-refractivity contribution in [2.45, 2.75) is 18.5 Å². The summed E-state index contributed by atoms with van der Waals surface area (Å²) in [5, 5.41) is 0. The minimum atomic E-state index is -0.255. The number of nitrogens with two attached hydrogens (primary N) is 1. The Bertz CT molecular complexity index is 465. The number of nitrogens with zero attached hydrogens (tertiary/aromatic N) is 2. The molecule has 1 aromatic rings. The Morgan fingerprint density at radius 3 is 2.76 bits per heavy atom. The van der Waals surface area contributed by atoms with Crippen LogP contribution in [-0.4, -0.2) is 61.8 Å². The van der Waals surface area contributed by atoms with Gasteiger partial charge in [0.1, 0.15) is 5.82 Å². The normalized spacial score (nSPS) is 26.1. The smallest absolute Gasteiger partial charge is 0.128 e. The lowest BCUT2D eigenvalue weighted by Gasteiger charge is -2.32. The van der Waals surface area contributed by atoms with Gasteiger partial charge in [-0.05, 0) is 19.0 Å². The van der Waals surface area contributed by atoms with Crippen molar-refractivity contribution in [3.8, 4) is 0 Å². The molecule has 2 saturated heterocycles. The molecule has 2 unspecified atom stereocenters. The molecule has 116 valence electrons. The quantitative estimate of drug-likeness (QED) is 0.907. The van der Waals surface area contributed by atoms with E-state index < -0.39 is 0 Å². The van der Waals surface area contributed by atoms with E-state index in [0.29, 0.717) is 11.6 Å². The second-order valence-corrected chi connectivity index (χ2v) is 5.98. The average molecular weight is 293 g/mol. The van der Waals surface area contributed by atoms with Gasteiger partial charge >= 0.3 is 0 Å². The maximum atomic E-state index is 13.8. The summed E-state index contributed by atoms with van der Waals surface area (Å²) in [6, 6.07) is 7.16. The number of morpholine rings is 1. The Morgan fingerprint density at radius 2 is 2.00 bits per heavy atom. The molecule has 4 nitrogen and oxygen atoms in total. The molecule has 2 fully saturated rings. The van der Waals surface area contributed by atoms with Gasteiger partial charge in [0.15, 0.2) is 0 Å². The summed E-state index contributed by atoms with van der Waals surface area (Å²) in [5.74, 6) is -0.200. The van der Waals surface area contributed by atoms with E-state index in [0.717, 1.165) is 45.9 Å². The molecule has 2 aliphatic rings. The molecule has 0 spiro atoms. The van der Waals surface area contributed by atoms with Crippen LogP contribution in [0, 0.1) is 5.82 Å². The second-order valence-electron chi connectivity index (χ2n) is 5.98. The van der Waals surface area contributed by atoms with Crippen LogP contribution in [-0.2, 0) is 4.74 Å². The molecule has 5 heteroatoms. The van der Waals surface area contributed by atoms with Crippen LogP contribution in [0.1, 0.15) is 18.0 Å². The van der Waals surface area contributed by atoms with Crippen molar-refractivity contribution < 1.29 is 9.13 Å².